The first kappa shape index (κ1) is 19.5. The number of hydrogen-bond acceptors (Lipinski definition) is 5. The van der Waals surface area contributed by atoms with Gasteiger partial charge in [-0.05, 0) is 37.1 Å². The van der Waals surface area contributed by atoms with E-state index in [1.54, 1.807) is 16.2 Å². The topological polar surface area (TPSA) is 87.7 Å². The fraction of sp³-hybridized carbons (Fsp3) is 0.609. The van der Waals surface area contributed by atoms with Gasteiger partial charge < -0.3 is 20.3 Å². The molecule has 6 rings (SSSR count). The van der Waals surface area contributed by atoms with Crippen molar-refractivity contribution in [3.63, 3.8) is 0 Å². The van der Waals surface area contributed by atoms with Crippen LogP contribution in [0.3, 0.4) is 0 Å². The minimum atomic E-state index is -1.06. The lowest BCUT2D eigenvalue weighted by Gasteiger charge is -2.32. The Hall–Kier alpha value is -2.19. The molecule has 0 radical (unpaired) electrons. The Morgan fingerprint density at radius 1 is 1.13 bits per heavy atom. The van der Waals surface area contributed by atoms with E-state index in [9.17, 15) is 14.4 Å². The van der Waals surface area contributed by atoms with Crippen molar-refractivity contribution in [2.45, 2.75) is 74.9 Å². The standard InChI is InChI=1S/C23H27N3O4S/c27-20(24-14-7-8-14)17-16-9-10-23(30-16)18(17)22(29)26(12-15-6-3-11-31-15)19(23)21(28)25-13-4-1-2-5-13/h3,6,9-11,13-14,16-19H,1-2,4-5,7-8,12H2,(H,24,27)(H,25,28)/t16-,17+,18-,19+,23-/m1/s1. The van der Waals surface area contributed by atoms with Gasteiger partial charge in [0.15, 0.2) is 0 Å². The summed E-state index contributed by atoms with van der Waals surface area (Å²) in [6.07, 6.45) is 9.46. The summed E-state index contributed by atoms with van der Waals surface area (Å²) in [6.45, 7) is 0.357. The summed E-state index contributed by atoms with van der Waals surface area (Å²) >= 11 is 1.56. The van der Waals surface area contributed by atoms with Crippen LogP contribution in [-0.2, 0) is 25.7 Å². The second-order valence-corrected chi connectivity index (χ2v) is 10.6. The lowest BCUT2D eigenvalue weighted by Crippen LogP contribution is -2.55. The van der Waals surface area contributed by atoms with Gasteiger partial charge in [-0.2, -0.15) is 0 Å². The molecule has 3 aliphatic heterocycles. The maximum atomic E-state index is 13.7. The summed E-state index contributed by atoms with van der Waals surface area (Å²) < 4.78 is 6.35. The molecule has 0 aromatic carbocycles. The highest BCUT2D eigenvalue weighted by atomic mass is 32.1. The number of carbonyl (C=O) groups excluding carboxylic acids is 3. The molecule has 2 N–H and O–H groups in total. The molecule has 2 aliphatic carbocycles. The monoisotopic (exact) mass is 441 g/mol. The molecular formula is C23H27N3O4S. The molecule has 1 spiro atoms. The fourth-order valence-corrected chi connectivity index (χ4v) is 6.59. The van der Waals surface area contributed by atoms with Crippen molar-refractivity contribution in [3.8, 4) is 0 Å². The average Bonchev–Trinajstić information content (AvgIpc) is 3.24. The van der Waals surface area contributed by atoms with Crippen LogP contribution in [0.5, 0.6) is 0 Å². The Balaban J connectivity index is 1.34. The largest absolute Gasteiger partial charge is 0.359 e. The minimum Gasteiger partial charge on any atom is -0.359 e. The summed E-state index contributed by atoms with van der Waals surface area (Å²) in [6, 6.07) is 3.53. The Kier molecular flexibility index (Phi) is 4.51. The van der Waals surface area contributed by atoms with Crippen LogP contribution >= 0.6 is 11.3 Å². The molecule has 31 heavy (non-hydrogen) atoms. The summed E-state index contributed by atoms with van der Waals surface area (Å²) in [5.74, 6) is -1.66. The molecule has 2 saturated heterocycles. The number of nitrogens with zero attached hydrogens (tertiary/aromatic N) is 1. The number of thiophene rings is 1. The third-order valence-corrected chi connectivity index (χ3v) is 8.32. The highest BCUT2D eigenvalue weighted by Gasteiger charge is 2.72. The van der Waals surface area contributed by atoms with Crippen molar-refractivity contribution in [3.05, 3.63) is 34.5 Å². The van der Waals surface area contributed by atoms with Crippen molar-refractivity contribution < 1.29 is 19.1 Å². The first-order chi connectivity index (χ1) is 15.1. The third kappa shape index (κ3) is 3.06. The Labute approximate surface area is 185 Å². The van der Waals surface area contributed by atoms with Gasteiger partial charge >= 0.3 is 0 Å². The smallest absolute Gasteiger partial charge is 0.246 e. The predicted molar refractivity (Wildman–Crippen MR) is 114 cm³/mol. The van der Waals surface area contributed by atoms with Crippen LogP contribution < -0.4 is 10.6 Å². The van der Waals surface area contributed by atoms with Gasteiger partial charge in [-0.3, -0.25) is 14.4 Å². The van der Waals surface area contributed by atoms with Gasteiger partial charge in [0.1, 0.15) is 11.6 Å². The minimum absolute atomic E-state index is 0.120. The number of carbonyl (C=O) groups is 3. The summed E-state index contributed by atoms with van der Waals surface area (Å²) in [7, 11) is 0. The number of ether oxygens (including phenoxy) is 1. The van der Waals surface area contributed by atoms with Gasteiger partial charge in [-0.25, -0.2) is 0 Å². The van der Waals surface area contributed by atoms with E-state index in [0.29, 0.717) is 6.54 Å². The predicted octanol–water partition coefficient (Wildman–Crippen LogP) is 1.74. The number of fused-ring (bicyclic) bond motifs is 1. The molecular weight excluding hydrogens is 414 g/mol. The Morgan fingerprint density at radius 3 is 2.58 bits per heavy atom. The first-order valence-corrected chi connectivity index (χ1v) is 12.3. The van der Waals surface area contributed by atoms with Crippen LogP contribution in [-0.4, -0.2) is 52.5 Å². The van der Waals surface area contributed by atoms with E-state index in [4.69, 9.17) is 4.74 Å². The van der Waals surface area contributed by atoms with Crippen molar-refractivity contribution in [1.82, 2.24) is 15.5 Å². The Bertz CT molecular complexity index is 937. The Morgan fingerprint density at radius 2 is 1.87 bits per heavy atom. The molecule has 4 fully saturated rings. The van der Waals surface area contributed by atoms with Gasteiger partial charge in [0.25, 0.3) is 0 Å². The lowest BCUT2D eigenvalue weighted by atomic mass is 9.74. The number of rotatable bonds is 6. The van der Waals surface area contributed by atoms with Crippen LogP contribution in [0.4, 0.5) is 0 Å². The van der Waals surface area contributed by atoms with E-state index in [0.717, 1.165) is 43.4 Å². The zero-order valence-corrected chi connectivity index (χ0v) is 18.1. The van der Waals surface area contributed by atoms with Crippen molar-refractivity contribution in [2.75, 3.05) is 0 Å². The van der Waals surface area contributed by atoms with E-state index in [-0.39, 0.29) is 29.8 Å². The van der Waals surface area contributed by atoms with Gasteiger partial charge in [0.2, 0.25) is 17.7 Å². The van der Waals surface area contributed by atoms with E-state index >= 15 is 0 Å². The molecule has 2 saturated carbocycles. The normalized spacial score (nSPS) is 36.3. The average molecular weight is 442 g/mol. The SMILES string of the molecule is O=C(NC1CC1)[C@H]1[C@H]2C=C[C@]3(O2)[C@H](C(=O)NC2CCCC2)N(Cc2cccs2)C(=O)[C@@H]13. The number of likely N-dealkylation sites (tertiary alicyclic amines) is 1. The van der Waals surface area contributed by atoms with Gasteiger partial charge in [0.05, 0.1) is 24.5 Å². The second-order valence-electron chi connectivity index (χ2n) is 9.52. The van der Waals surface area contributed by atoms with E-state index in [1.165, 1.54) is 0 Å². The molecule has 2 bridgehead atoms. The van der Waals surface area contributed by atoms with E-state index < -0.39 is 29.6 Å². The van der Waals surface area contributed by atoms with Crippen molar-refractivity contribution in [2.24, 2.45) is 11.8 Å². The van der Waals surface area contributed by atoms with Gasteiger partial charge in [0, 0.05) is 17.0 Å². The van der Waals surface area contributed by atoms with Crippen LogP contribution in [0.1, 0.15) is 43.4 Å². The fourth-order valence-electron chi connectivity index (χ4n) is 5.88. The molecule has 5 atom stereocenters. The highest BCUT2D eigenvalue weighted by Crippen LogP contribution is 2.55. The van der Waals surface area contributed by atoms with Gasteiger partial charge in [-0.1, -0.05) is 31.1 Å². The molecule has 3 amide bonds. The molecule has 164 valence electrons. The summed E-state index contributed by atoms with van der Waals surface area (Å²) in [5, 5.41) is 8.20. The van der Waals surface area contributed by atoms with Crippen LogP contribution in [0, 0.1) is 11.8 Å². The maximum Gasteiger partial charge on any atom is 0.246 e. The molecule has 1 aromatic heterocycles. The first-order valence-electron chi connectivity index (χ1n) is 11.4. The van der Waals surface area contributed by atoms with Crippen LogP contribution in [0.25, 0.3) is 0 Å². The van der Waals surface area contributed by atoms with E-state index in [2.05, 4.69) is 10.6 Å². The molecule has 1 aromatic rings. The zero-order valence-electron chi connectivity index (χ0n) is 17.3. The molecule has 8 heteroatoms. The van der Waals surface area contributed by atoms with Crippen LogP contribution in [0.15, 0.2) is 29.7 Å². The molecule has 0 unspecified atom stereocenters. The summed E-state index contributed by atoms with van der Waals surface area (Å²) in [4.78, 5) is 43.0. The number of hydrogen-bond donors (Lipinski definition) is 2. The van der Waals surface area contributed by atoms with Gasteiger partial charge in [-0.15, -0.1) is 11.3 Å². The molecule has 7 nitrogen and oxygen atoms in total. The maximum absolute atomic E-state index is 13.7. The van der Waals surface area contributed by atoms with Crippen molar-refractivity contribution >= 4 is 29.1 Å². The molecule has 5 aliphatic rings. The zero-order chi connectivity index (χ0) is 21.2. The lowest BCUT2D eigenvalue weighted by molar-refractivity contribution is -0.142. The molecule has 4 heterocycles. The summed E-state index contributed by atoms with van der Waals surface area (Å²) in [5.41, 5.74) is -1.06. The third-order valence-electron chi connectivity index (χ3n) is 7.46. The van der Waals surface area contributed by atoms with Crippen molar-refractivity contribution in [1.29, 1.82) is 0 Å². The van der Waals surface area contributed by atoms with E-state index in [1.807, 2.05) is 29.7 Å². The highest BCUT2D eigenvalue weighted by molar-refractivity contribution is 7.09. The number of amides is 3. The second kappa shape index (κ2) is 7.17. The quantitative estimate of drug-likeness (QED) is 0.659. The number of nitrogens with one attached hydrogen (secondary N) is 2. The van der Waals surface area contributed by atoms with Crippen LogP contribution in [0.2, 0.25) is 0 Å².